The number of carbonyl (C=O) groups is 1. The predicted octanol–water partition coefficient (Wildman–Crippen LogP) is 2.26. The van der Waals surface area contributed by atoms with E-state index in [2.05, 4.69) is 17.9 Å². The molecule has 16 heavy (non-hydrogen) atoms. The Hall–Kier alpha value is -1.51. The Labute approximate surface area is 95.7 Å². The van der Waals surface area contributed by atoms with Crippen LogP contribution in [0.25, 0.3) is 0 Å². The van der Waals surface area contributed by atoms with Crippen molar-refractivity contribution >= 4 is 11.7 Å². The van der Waals surface area contributed by atoms with Crippen molar-refractivity contribution in [1.82, 2.24) is 0 Å². The largest absolute Gasteiger partial charge is 0.481 e. The maximum absolute atomic E-state index is 10.9. The van der Waals surface area contributed by atoms with E-state index >= 15 is 0 Å². The van der Waals surface area contributed by atoms with Crippen LogP contribution in [0.5, 0.6) is 0 Å². The molecule has 0 aromatic heterocycles. The van der Waals surface area contributed by atoms with Crippen LogP contribution in [-0.2, 0) is 11.2 Å². The third-order valence-corrected chi connectivity index (χ3v) is 3.35. The van der Waals surface area contributed by atoms with Gasteiger partial charge in [0.05, 0.1) is 5.92 Å². The van der Waals surface area contributed by atoms with Gasteiger partial charge in [-0.2, -0.15) is 0 Å². The molecule has 1 aliphatic rings. The number of anilines is 1. The summed E-state index contributed by atoms with van der Waals surface area (Å²) in [4.78, 5) is 13.2. The lowest BCUT2D eigenvalue weighted by molar-refractivity contribution is -0.138. The number of likely N-dealkylation sites (N-methyl/N-ethyl adjacent to an activating group) is 1. The van der Waals surface area contributed by atoms with Gasteiger partial charge in [0.2, 0.25) is 0 Å². The number of hydrogen-bond donors (Lipinski definition) is 1. The number of carboxylic acid groups (broad SMARTS) is 1. The van der Waals surface area contributed by atoms with Crippen molar-refractivity contribution in [3.8, 4) is 0 Å². The summed E-state index contributed by atoms with van der Waals surface area (Å²) in [5, 5.41) is 8.97. The number of hydrogen-bond acceptors (Lipinski definition) is 2. The first-order chi connectivity index (χ1) is 7.63. The molecular formula is C13H17NO2. The number of benzene rings is 1. The van der Waals surface area contributed by atoms with E-state index in [9.17, 15) is 4.79 Å². The van der Waals surface area contributed by atoms with E-state index in [0.717, 1.165) is 25.1 Å². The molecule has 0 saturated carbocycles. The Morgan fingerprint density at radius 1 is 1.56 bits per heavy atom. The van der Waals surface area contributed by atoms with E-state index in [4.69, 9.17) is 5.11 Å². The van der Waals surface area contributed by atoms with E-state index in [0.29, 0.717) is 0 Å². The molecule has 0 radical (unpaired) electrons. The van der Waals surface area contributed by atoms with Gasteiger partial charge in [0.15, 0.2) is 0 Å². The maximum atomic E-state index is 10.9. The lowest BCUT2D eigenvalue weighted by Crippen LogP contribution is -2.19. The maximum Gasteiger partial charge on any atom is 0.310 e. The Morgan fingerprint density at radius 2 is 2.31 bits per heavy atom. The van der Waals surface area contributed by atoms with Gasteiger partial charge < -0.3 is 10.0 Å². The van der Waals surface area contributed by atoms with E-state index < -0.39 is 11.9 Å². The zero-order valence-electron chi connectivity index (χ0n) is 9.73. The zero-order chi connectivity index (χ0) is 11.7. The van der Waals surface area contributed by atoms with Crippen molar-refractivity contribution in [3.63, 3.8) is 0 Å². The second kappa shape index (κ2) is 4.16. The van der Waals surface area contributed by atoms with Crippen LogP contribution in [0.3, 0.4) is 0 Å². The minimum absolute atomic E-state index is 0.416. The summed E-state index contributed by atoms with van der Waals surface area (Å²) in [5.74, 6) is -1.17. The highest BCUT2D eigenvalue weighted by molar-refractivity contribution is 5.76. The van der Waals surface area contributed by atoms with Crippen LogP contribution in [0.15, 0.2) is 18.2 Å². The van der Waals surface area contributed by atoms with Gasteiger partial charge >= 0.3 is 5.97 Å². The first kappa shape index (κ1) is 11.0. The zero-order valence-corrected chi connectivity index (χ0v) is 9.73. The second-order valence-corrected chi connectivity index (χ2v) is 4.28. The second-order valence-electron chi connectivity index (χ2n) is 4.28. The molecule has 0 amide bonds. The van der Waals surface area contributed by atoms with E-state index in [1.165, 1.54) is 11.3 Å². The fourth-order valence-electron chi connectivity index (χ4n) is 2.23. The summed E-state index contributed by atoms with van der Waals surface area (Å²) >= 11 is 0. The van der Waals surface area contributed by atoms with Crippen molar-refractivity contribution in [3.05, 3.63) is 29.3 Å². The number of nitrogens with zero attached hydrogens (tertiary/aromatic N) is 1. The molecule has 0 fully saturated rings. The third kappa shape index (κ3) is 1.77. The minimum atomic E-state index is -0.759. The predicted molar refractivity (Wildman–Crippen MR) is 64.1 cm³/mol. The standard InChI is InChI=1S/C13H17NO2/c1-3-14-7-6-11-8-10(4-5-12(11)14)9(2)13(15)16/h4-5,8-9H,3,6-7H2,1-2H3,(H,15,16). The third-order valence-electron chi connectivity index (χ3n) is 3.35. The molecule has 86 valence electrons. The van der Waals surface area contributed by atoms with Crippen LogP contribution in [0.2, 0.25) is 0 Å². The van der Waals surface area contributed by atoms with Gasteiger partial charge in [-0.1, -0.05) is 12.1 Å². The summed E-state index contributed by atoms with van der Waals surface area (Å²) in [6.45, 7) is 5.94. The van der Waals surface area contributed by atoms with Gasteiger partial charge in [-0.05, 0) is 37.5 Å². The molecule has 1 aromatic carbocycles. The van der Waals surface area contributed by atoms with Gasteiger partial charge in [-0.3, -0.25) is 4.79 Å². The monoisotopic (exact) mass is 219 g/mol. The van der Waals surface area contributed by atoms with Gasteiger partial charge in [-0.15, -0.1) is 0 Å². The normalized spacial score (nSPS) is 16.0. The Balaban J connectivity index is 2.31. The highest BCUT2D eigenvalue weighted by Crippen LogP contribution is 2.30. The summed E-state index contributed by atoms with van der Waals surface area (Å²) in [6.07, 6.45) is 1.03. The fraction of sp³-hybridized carbons (Fsp3) is 0.462. The molecule has 3 heteroatoms. The first-order valence-corrected chi connectivity index (χ1v) is 5.74. The van der Waals surface area contributed by atoms with Crippen LogP contribution in [0.1, 0.15) is 30.9 Å². The Morgan fingerprint density at radius 3 is 2.94 bits per heavy atom. The lowest BCUT2D eigenvalue weighted by atomic mass is 9.98. The first-order valence-electron chi connectivity index (χ1n) is 5.74. The molecule has 1 heterocycles. The van der Waals surface area contributed by atoms with E-state index in [1.807, 2.05) is 12.1 Å². The van der Waals surface area contributed by atoms with Crippen molar-refractivity contribution < 1.29 is 9.90 Å². The SMILES string of the molecule is CCN1CCc2cc(C(C)C(=O)O)ccc21. The van der Waals surface area contributed by atoms with Crippen LogP contribution in [0, 0.1) is 0 Å². The van der Waals surface area contributed by atoms with E-state index in [1.54, 1.807) is 6.92 Å². The molecule has 3 nitrogen and oxygen atoms in total. The van der Waals surface area contributed by atoms with Crippen LogP contribution >= 0.6 is 0 Å². The molecule has 1 atom stereocenters. The molecule has 0 aliphatic carbocycles. The molecular weight excluding hydrogens is 202 g/mol. The summed E-state index contributed by atoms with van der Waals surface area (Å²) in [7, 11) is 0. The molecule has 2 rings (SSSR count). The van der Waals surface area contributed by atoms with Gasteiger partial charge in [0.1, 0.15) is 0 Å². The lowest BCUT2D eigenvalue weighted by Gasteiger charge is -2.17. The quantitative estimate of drug-likeness (QED) is 0.847. The number of rotatable bonds is 3. The van der Waals surface area contributed by atoms with Crippen molar-refractivity contribution in [2.24, 2.45) is 0 Å². The Kier molecular flexibility index (Phi) is 2.86. The van der Waals surface area contributed by atoms with Gasteiger partial charge in [-0.25, -0.2) is 0 Å². The average Bonchev–Trinajstić information content (AvgIpc) is 2.69. The molecule has 1 aromatic rings. The highest BCUT2D eigenvalue weighted by Gasteiger charge is 2.20. The molecule has 0 bridgehead atoms. The minimum Gasteiger partial charge on any atom is -0.481 e. The summed E-state index contributed by atoms with van der Waals surface area (Å²) < 4.78 is 0. The summed E-state index contributed by atoms with van der Waals surface area (Å²) in [5.41, 5.74) is 3.46. The fourth-order valence-corrected chi connectivity index (χ4v) is 2.23. The molecule has 1 aliphatic heterocycles. The average molecular weight is 219 g/mol. The number of aliphatic carboxylic acids is 1. The molecule has 0 spiro atoms. The van der Waals surface area contributed by atoms with Gasteiger partial charge in [0, 0.05) is 18.8 Å². The van der Waals surface area contributed by atoms with E-state index in [-0.39, 0.29) is 0 Å². The topological polar surface area (TPSA) is 40.5 Å². The molecule has 1 unspecified atom stereocenters. The summed E-state index contributed by atoms with van der Waals surface area (Å²) in [6, 6.07) is 6.04. The van der Waals surface area contributed by atoms with Crippen molar-refractivity contribution in [1.29, 1.82) is 0 Å². The molecule has 0 saturated heterocycles. The highest BCUT2D eigenvalue weighted by atomic mass is 16.4. The number of fused-ring (bicyclic) bond motifs is 1. The Bertz CT molecular complexity index is 414. The van der Waals surface area contributed by atoms with Crippen molar-refractivity contribution in [2.75, 3.05) is 18.0 Å². The molecule has 1 N–H and O–H groups in total. The smallest absolute Gasteiger partial charge is 0.310 e. The van der Waals surface area contributed by atoms with Crippen LogP contribution in [0.4, 0.5) is 5.69 Å². The van der Waals surface area contributed by atoms with Crippen LogP contribution in [-0.4, -0.2) is 24.2 Å². The number of carboxylic acids is 1. The van der Waals surface area contributed by atoms with Crippen molar-refractivity contribution in [2.45, 2.75) is 26.2 Å². The van der Waals surface area contributed by atoms with Gasteiger partial charge in [0.25, 0.3) is 0 Å². The van der Waals surface area contributed by atoms with Crippen LogP contribution < -0.4 is 4.90 Å².